The summed E-state index contributed by atoms with van der Waals surface area (Å²) < 4.78 is 55.4. The van der Waals surface area contributed by atoms with Crippen LogP contribution in [0.4, 0.5) is 26.0 Å². The number of nitrogens with one attached hydrogen (secondary N) is 2. The van der Waals surface area contributed by atoms with Gasteiger partial charge in [-0.1, -0.05) is 0 Å². The van der Waals surface area contributed by atoms with Gasteiger partial charge >= 0.3 is 0 Å². The standard InChI is InChI=1S/C25H28F2N6O4S/c26-25(27)14-20(25)33-22-16(15-28-33)1-4-21(29-22)30-23(35)18-3-2-17(31-38(36,37)12-11-34)13-19(18)32-9-7-24(5-6-24)8-10-32/h1-4,13,15,20,31,34H,5-12,14H2,(H,29,30,35)/t20-/m1/s1. The summed E-state index contributed by atoms with van der Waals surface area (Å²) >= 11 is 0. The topological polar surface area (TPSA) is 129 Å². The van der Waals surface area contributed by atoms with Crippen LogP contribution in [0.3, 0.4) is 0 Å². The zero-order valence-electron chi connectivity index (χ0n) is 20.5. The SMILES string of the molecule is O=C(Nc1ccc2cnn([C@@H]3CC3(F)F)c2n1)c1ccc(NS(=O)(=O)CCO)cc1N1CCC2(CC1)CC2. The number of sulfonamides is 1. The molecule has 6 rings (SSSR count). The minimum absolute atomic E-state index is 0.197. The molecule has 1 spiro atoms. The number of halogens is 2. The summed E-state index contributed by atoms with van der Waals surface area (Å²) in [7, 11) is -3.74. The Hall–Kier alpha value is -3.32. The van der Waals surface area contributed by atoms with Crippen LogP contribution in [-0.2, 0) is 10.0 Å². The molecule has 2 aliphatic carbocycles. The van der Waals surface area contributed by atoms with Crippen molar-refractivity contribution >= 4 is 44.2 Å². The number of hydrogen-bond donors (Lipinski definition) is 3. The van der Waals surface area contributed by atoms with Crippen LogP contribution in [0.15, 0.2) is 36.5 Å². The van der Waals surface area contributed by atoms with Crippen LogP contribution in [0.25, 0.3) is 11.0 Å². The zero-order chi connectivity index (χ0) is 26.7. The molecule has 10 nitrogen and oxygen atoms in total. The third-order valence-electron chi connectivity index (χ3n) is 7.77. The van der Waals surface area contributed by atoms with Crippen LogP contribution in [-0.4, -0.2) is 65.6 Å². The van der Waals surface area contributed by atoms with Crippen molar-refractivity contribution in [3.05, 3.63) is 42.1 Å². The summed E-state index contributed by atoms with van der Waals surface area (Å²) in [6, 6.07) is 6.90. The molecule has 202 valence electrons. The molecule has 3 aromatic rings. The second kappa shape index (κ2) is 8.87. The number of carbonyl (C=O) groups is 1. The number of piperidine rings is 1. The Labute approximate surface area is 218 Å². The molecule has 0 bridgehead atoms. The number of amides is 1. The predicted octanol–water partition coefficient (Wildman–Crippen LogP) is 3.38. The fraction of sp³-hybridized carbons (Fsp3) is 0.480. The number of fused-ring (bicyclic) bond motifs is 1. The maximum absolute atomic E-state index is 13.7. The Bertz CT molecular complexity index is 1510. The first-order valence-corrected chi connectivity index (χ1v) is 14.3. The van der Waals surface area contributed by atoms with E-state index in [-0.39, 0.29) is 17.9 Å². The molecule has 1 atom stereocenters. The van der Waals surface area contributed by atoms with E-state index in [1.54, 1.807) is 24.3 Å². The molecule has 38 heavy (non-hydrogen) atoms. The predicted molar refractivity (Wildman–Crippen MR) is 138 cm³/mol. The van der Waals surface area contributed by atoms with Gasteiger partial charge in [0.25, 0.3) is 11.8 Å². The van der Waals surface area contributed by atoms with Gasteiger partial charge in [-0.15, -0.1) is 0 Å². The Morgan fingerprint density at radius 3 is 2.53 bits per heavy atom. The van der Waals surface area contributed by atoms with Crippen LogP contribution in [0.1, 0.15) is 48.5 Å². The highest BCUT2D eigenvalue weighted by Crippen LogP contribution is 2.54. The van der Waals surface area contributed by atoms with Crippen molar-refractivity contribution in [2.45, 2.75) is 44.1 Å². The second-order valence-electron chi connectivity index (χ2n) is 10.5. The minimum atomic E-state index is -3.74. The van der Waals surface area contributed by atoms with E-state index in [2.05, 4.69) is 25.0 Å². The molecule has 2 saturated carbocycles. The van der Waals surface area contributed by atoms with Crippen molar-refractivity contribution in [1.82, 2.24) is 14.8 Å². The van der Waals surface area contributed by atoms with Crippen LogP contribution < -0.4 is 14.9 Å². The lowest BCUT2D eigenvalue weighted by Gasteiger charge is -2.35. The first-order chi connectivity index (χ1) is 18.1. The zero-order valence-corrected chi connectivity index (χ0v) is 21.3. The first kappa shape index (κ1) is 25.0. The number of aliphatic hydroxyl groups excluding tert-OH is 1. The molecule has 0 unspecified atom stereocenters. The second-order valence-corrected chi connectivity index (χ2v) is 12.3. The fourth-order valence-corrected chi connectivity index (χ4v) is 5.99. The van der Waals surface area contributed by atoms with Gasteiger partial charge < -0.3 is 15.3 Å². The highest BCUT2D eigenvalue weighted by atomic mass is 32.2. The number of alkyl halides is 2. The normalized spacial score (nSPS) is 21.4. The van der Waals surface area contributed by atoms with Crippen molar-refractivity contribution in [3.8, 4) is 0 Å². The monoisotopic (exact) mass is 546 g/mol. The van der Waals surface area contributed by atoms with Gasteiger partial charge in [0.05, 0.1) is 35.5 Å². The molecule has 1 saturated heterocycles. The summed E-state index contributed by atoms with van der Waals surface area (Å²) in [6.45, 7) is 0.976. The van der Waals surface area contributed by atoms with E-state index in [0.29, 0.717) is 27.7 Å². The molecule has 0 radical (unpaired) electrons. The van der Waals surface area contributed by atoms with Crippen molar-refractivity contribution < 1.29 is 27.1 Å². The third-order valence-corrected chi connectivity index (χ3v) is 9.04. The molecule has 3 heterocycles. The van der Waals surface area contributed by atoms with Crippen molar-refractivity contribution in [2.75, 3.05) is 40.4 Å². The summed E-state index contributed by atoms with van der Waals surface area (Å²) in [5, 5.41) is 16.5. The quantitative estimate of drug-likeness (QED) is 0.395. The van der Waals surface area contributed by atoms with E-state index < -0.39 is 40.3 Å². The van der Waals surface area contributed by atoms with E-state index >= 15 is 0 Å². The van der Waals surface area contributed by atoms with Crippen LogP contribution in [0.2, 0.25) is 0 Å². The number of nitrogens with zero attached hydrogens (tertiary/aromatic N) is 4. The fourth-order valence-electron chi connectivity index (χ4n) is 5.17. The Balaban J connectivity index is 1.28. The molecule has 1 aliphatic heterocycles. The van der Waals surface area contributed by atoms with E-state index in [1.807, 2.05) is 0 Å². The molecule has 3 fully saturated rings. The van der Waals surface area contributed by atoms with Gasteiger partial charge in [0.2, 0.25) is 10.0 Å². The Morgan fingerprint density at radius 1 is 1.13 bits per heavy atom. The highest BCUT2D eigenvalue weighted by Gasteiger charge is 2.59. The lowest BCUT2D eigenvalue weighted by molar-refractivity contribution is 0.0988. The van der Waals surface area contributed by atoms with Crippen LogP contribution in [0.5, 0.6) is 0 Å². The number of rotatable bonds is 8. The van der Waals surface area contributed by atoms with Gasteiger partial charge in [0, 0.05) is 24.9 Å². The van der Waals surface area contributed by atoms with Gasteiger partial charge in [-0.05, 0) is 61.4 Å². The van der Waals surface area contributed by atoms with Gasteiger partial charge in [-0.25, -0.2) is 26.9 Å². The Morgan fingerprint density at radius 2 is 1.87 bits per heavy atom. The number of anilines is 3. The molecular formula is C25H28F2N6O4S. The number of benzene rings is 1. The third kappa shape index (κ3) is 4.80. The summed E-state index contributed by atoms with van der Waals surface area (Å²) in [5.41, 5.74) is 1.90. The molecule has 1 amide bonds. The number of pyridine rings is 1. The average Bonchev–Trinajstić information content (AvgIpc) is 3.71. The first-order valence-electron chi connectivity index (χ1n) is 12.6. The highest BCUT2D eigenvalue weighted by molar-refractivity contribution is 7.92. The number of aromatic nitrogens is 3. The van der Waals surface area contributed by atoms with E-state index in [4.69, 9.17) is 5.11 Å². The summed E-state index contributed by atoms with van der Waals surface area (Å²) in [4.78, 5) is 19.9. The molecule has 1 aromatic carbocycles. The maximum atomic E-state index is 13.7. The maximum Gasteiger partial charge on any atom is 0.272 e. The minimum Gasteiger partial charge on any atom is -0.395 e. The molecule has 13 heteroatoms. The van der Waals surface area contributed by atoms with Crippen molar-refractivity contribution in [2.24, 2.45) is 5.41 Å². The smallest absolute Gasteiger partial charge is 0.272 e. The lowest BCUT2D eigenvalue weighted by Crippen LogP contribution is -2.35. The Kier molecular flexibility index (Phi) is 5.83. The van der Waals surface area contributed by atoms with E-state index in [0.717, 1.165) is 25.9 Å². The summed E-state index contributed by atoms with van der Waals surface area (Å²) in [5.74, 6) is -3.51. The van der Waals surface area contributed by atoms with Crippen molar-refractivity contribution in [3.63, 3.8) is 0 Å². The lowest BCUT2D eigenvalue weighted by atomic mass is 9.93. The van der Waals surface area contributed by atoms with Gasteiger partial charge in [-0.3, -0.25) is 9.52 Å². The van der Waals surface area contributed by atoms with E-state index in [9.17, 15) is 22.0 Å². The molecular weight excluding hydrogens is 518 g/mol. The summed E-state index contributed by atoms with van der Waals surface area (Å²) in [6.07, 6.45) is 5.61. The molecule has 3 N–H and O–H groups in total. The number of carbonyl (C=O) groups excluding carboxylic acids is 1. The number of aliphatic hydroxyl groups is 1. The number of hydrogen-bond acceptors (Lipinski definition) is 7. The van der Waals surface area contributed by atoms with Crippen LogP contribution >= 0.6 is 0 Å². The van der Waals surface area contributed by atoms with Gasteiger partial charge in [0.1, 0.15) is 11.9 Å². The van der Waals surface area contributed by atoms with Gasteiger partial charge in [0.15, 0.2) is 5.65 Å². The molecule has 3 aliphatic rings. The molecule has 2 aromatic heterocycles. The van der Waals surface area contributed by atoms with Crippen molar-refractivity contribution in [1.29, 1.82) is 0 Å². The van der Waals surface area contributed by atoms with Gasteiger partial charge in [-0.2, -0.15) is 5.10 Å². The average molecular weight is 547 g/mol. The van der Waals surface area contributed by atoms with E-state index in [1.165, 1.54) is 29.8 Å². The largest absolute Gasteiger partial charge is 0.395 e. The van der Waals surface area contributed by atoms with Crippen LogP contribution in [0, 0.1) is 5.41 Å².